The zero-order chi connectivity index (χ0) is 14.7. The summed E-state index contributed by atoms with van der Waals surface area (Å²) in [7, 11) is 0. The Morgan fingerprint density at radius 1 is 1.43 bits per heavy atom. The number of furan rings is 1. The molecule has 0 aliphatic heterocycles. The molecule has 21 heavy (non-hydrogen) atoms. The fourth-order valence-corrected chi connectivity index (χ4v) is 3.46. The average molecular weight is 321 g/mol. The van der Waals surface area contributed by atoms with Gasteiger partial charge in [-0.25, -0.2) is 9.67 Å². The van der Waals surface area contributed by atoms with Crippen molar-refractivity contribution in [3.05, 3.63) is 29.5 Å². The standard InChI is InChI=1S/C13H15N5OS2/c1-9(2)6-18-13(15-16-17-18)21-8-10-7-20-12(14-10)11-4-3-5-19-11/h3-5,7,9H,6,8H2,1-2H3. The van der Waals surface area contributed by atoms with Crippen LogP contribution >= 0.6 is 23.1 Å². The van der Waals surface area contributed by atoms with Crippen molar-refractivity contribution >= 4 is 23.1 Å². The maximum absolute atomic E-state index is 5.35. The highest BCUT2D eigenvalue weighted by Gasteiger charge is 2.11. The van der Waals surface area contributed by atoms with E-state index in [1.807, 2.05) is 22.2 Å². The minimum atomic E-state index is 0.512. The molecule has 3 rings (SSSR count). The van der Waals surface area contributed by atoms with Gasteiger partial charge >= 0.3 is 0 Å². The first-order valence-electron chi connectivity index (χ1n) is 6.59. The topological polar surface area (TPSA) is 69.6 Å². The molecule has 0 N–H and O–H groups in total. The second kappa shape index (κ2) is 6.40. The van der Waals surface area contributed by atoms with Crippen LogP contribution in [0.25, 0.3) is 10.8 Å². The predicted octanol–water partition coefficient (Wildman–Crippen LogP) is 3.34. The Morgan fingerprint density at radius 3 is 3.10 bits per heavy atom. The first-order chi connectivity index (χ1) is 10.2. The lowest BCUT2D eigenvalue weighted by Crippen LogP contribution is -2.07. The molecule has 0 aromatic carbocycles. The Bertz CT molecular complexity index is 689. The lowest BCUT2D eigenvalue weighted by molar-refractivity contribution is 0.446. The second-order valence-corrected chi connectivity index (χ2v) is 6.75. The van der Waals surface area contributed by atoms with Gasteiger partial charge in [-0.2, -0.15) is 0 Å². The van der Waals surface area contributed by atoms with Crippen LogP contribution in [0.4, 0.5) is 0 Å². The lowest BCUT2D eigenvalue weighted by atomic mass is 10.2. The van der Waals surface area contributed by atoms with Gasteiger partial charge in [0.15, 0.2) is 10.8 Å². The number of aromatic nitrogens is 5. The SMILES string of the molecule is CC(C)Cn1nnnc1SCc1csc(-c2ccco2)n1. The van der Waals surface area contributed by atoms with E-state index in [0.29, 0.717) is 5.92 Å². The molecule has 3 aromatic rings. The average Bonchev–Trinajstić information content (AvgIpc) is 3.17. The molecule has 3 aromatic heterocycles. The molecule has 0 aliphatic carbocycles. The Hall–Kier alpha value is -1.67. The first kappa shape index (κ1) is 14.3. The van der Waals surface area contributed by atoms with Crippen molar-refractivity contribution in [1.82, 2.24) is 25.2 Å². The van der Waals surface area contributed by atoms with Crippen molar-refractivity contribution in [1.29, 1.82) is 0 Å². The van der Waals surface area contributed by atoms with Crippen LogP contribution in [0.5, 0.6) is 0 Å². The van der Waals surface area contributed by atoms with Crippen LogP contribution in [-0.2, 0) is 12.3 Å². The Kier molecular flexibility index (Phi) is 4.35. The van der Waals surface area contributed by atoms with Gasteiger partial charge in [-0.05, 0) is 28.5 Å². The Balaban J connectivity index is 1.64. The van der Waals surface area contributed by atoms with Crippen molar-refractivity contribution in [2.45, 2.75) is 31.3 Å². The van der Waals surface area contributed by atoms with E-state index in [9.17, 15) is 0 Å². The maximum atomic E-state index is 5.35. The molecule has 0 unspecified atom stereocenters. The first-order valence-corrected chi connectivity index (χ1v) is 8.46. The number of hydrogen-bond donors (Lipinski definition) is 0. The van der Waals surface area contributed by atoms with Crippen molar-refractivity contribution in [2.24, 2.45) is 5.92 Å². The molecule has 110 valence electrons. The number of thioether (sulfide) groups is 1. The van der Waals surface area contributed by atoms with Crippen LogP contribution in [0, 0.1) is 5.92 Å². The molecule has 8 heteroatoms. The summed E-state index contributed by atoms with van der Waals surface area (Å²) in [6.07, 6.45) is 1.66. The van der Waals surface area contributed by atoms with Gasteiger partial charge in [0.1, 0.15) is 0 Å². The van der Waals surface area contributed by atoms with Crippen LogP contribution in [0.2, 0.25) is 0 Å². The smallest absolute Gasteiger partial charge is 0.209 e. The van der Waals surface area contributed by atoms with Crippen molar-refractivity contribution in [2.75, 3.05) is 0 Å². The zero-order valence-electron chi connectivity index (χ0n) is 11.8. The monoisotopic (exact) mass is 321 g/mol. The van der Waals surface area contributed by atoms with Crippen LogP contribution in [0.15, 0.2) is 33.3 Å². The summed E-state index contributed by atoms with van der Waals surface area (Å²) in [4.78, 5) is 4.57. The van der Waals surface area contributed by atoms with Gasteiger partial charge in [-0.1, -0.05) is 25.6 Å². The highest BCUT2D eigenvalue weighted by molar-refractivity contribution is 7.98. The highest BCUT2D eigenvalue weighted by Crippen LogP contribution is 2.27. The number of rotatable bonds is 6. The molecule has 0 radical (unpaired) electrons. The number of hydrogen-bond acceptors (Lipinski definition) is 7. The summed E-state index contributed by atoms with van der Waals surface area (Å²) in [5.74, 6) is 2.06. The van der Waals surface area contributed by atoms with Crippen molar-refractivity contribution in [3.63, 3.8) is 0 Å². The van der Waals surface area contributed by atoms with Crippen molar-refractivity contribution in [3.8, 4) is 10.8 Å². The van der Waals surface area contributed by atoms with Gasteiger partial charge in [-0.3, -0.25) is 0 Å². The van der Waals surface area contributed by atoms with Crippen LogP contribution in [-0.4, -0.2) is 25.2 Å². The largest absolute Gasteiger partial charge is 0.462 e. The number of tetrazole rings is 1. The van der Waals surface area contributed by atoms with E-state index in [1.165, 1.54) is 0 Å². The summed E-state index contributed by atoms with van der Waals surface area (Å²) in [6, 6.07) is 3.78. The van der Waals surface area contributed by atoms with E-state index in [2.05, 4.69) is 34.4 Å². The third kappa shape index (κ3) is 3.51. The molecule has 0 spiro atoms. The van der Waals surface area contributed by atoms with E-state index in [4.69, 9.17) is 4.42 Å². The van der Waals surface area contributed by atoms with Gasteiger partial charge in [0.05, 0.1) is 12.0 Å². The fraction of sp³-hybridized carbons (Fsp3) is 0.385. The molecule has 0 fully saturated rings. The Labute approximate surface area is 130 Å². The molecule has 0 saturated heterocycles. The van der Waals surface area contributed by atoms with Crippen LogP contribution < -0.4 is 0 Å². The normalized spacial score (nSPS) is 11.4. The predicted molar refractivity (Wildman–Crippen MR) is 82.0 cm³/mol. The summed E-state index contributed by atoms with van der Waals surface area (Å²) in [6.45, 7) is 5.11. The molecule has 0 saturated carbocycles. The third-order valence-electron chi connectivity index (χ3n) is 2.67. The molecule has 0 amide bonds. The van der Waals surface area contributed by atoms with Gasteiger partial charge in [0.2, 0.25) is 5.16 Å². The van der Waals surface area contributed by atoms with Crippen LogP contribution in [0.3, 0.4) is 0 Å². The molecule has 6 nitrogen and oxygen atoms in total. The fourth-order valence-electron chi connectivity index (χ4n) is 1.79. The van der Waals surface area contributed by atoms with E-state index in [1.54, 1.807) is 29.4 Å². The van der Waals surface area contributed by atoms with Gasteiger partial charge in [0, 0.05) is 17.7 Å². The minimum absolute atomic E-state index is 0.512. The molecule has 0 bridgehead atoms. The second-order valence-electron chi connectivity index (χ2n) is 4.95. The van der Waals surface area contributed by atoms with Gasteiger partial charge < -0.3 is 4.42 Å². The van der Waals surface area contributed by atoms with E-state index in [-0.39, 0.29) is 0 Å². The molecule has 3 heterocycles. The molecule has 0 aliphatic rings. The quantitative estimate of drug-likeness (QED) is 0.649. The summed E-state index contributed by atoms with van der Waals surface area (Å²) in [5.41, 5.74) is 1.01. The molecule has 0 atom stereocenters. The number of thiazole rings is 1. The van der Waals surface area contributed by atoms with Gasteiger partial charge in [-0.15, -0.1) is 16.4 Å². The van der Waals surface area contributed by atoms with Crippen LogP contribution in [0.1, 0.15) is 19.5 Å². The minimum Gasteiger partial charge on any atom is -0.462 e. The summed E-state index contributed by atoms with van der Waals surface area (Å²) < 4.78 is 7.19. The third-order valence-corrected chi connectivity index (χ3v) is 4.57. The number of nitrogens with zero attached hydrogens (tertiary/aromatic N) is 5. The molecular formula is C13H15N5OS2. The zero-order valence-corrected chi connectivity index (χ0v) is 13.4. The van der Waals surface area contributed by atoms with Crippen molar-refractivity contribution < 1.29 is 4.42 Å². The maximum Gasteiger partial charge on any atom is 0.209 e. The van der Waals surface area contributed by atoms with E-state index >= 15 is 0 Å². The van der Waals surface area contributed by atoms with Gasteiger partial charge in [0.25, 0.3) is 0 Å². The lowest BCUT2D eigenvalue weighted by Gasteiger charge is -2.05. The molecular weight excluding hydrogens is 306 g/mol. The Morgan fingerprint density at radius 2 is 2.33 bits per heavy atom. The van der Waals surface area contributed by atoms with E-state index in [0.717, 1.165) is 33.9 Å². The highest BCUT2D eigenvalue weighted by atomic mass is 32.2. The van der Waals surface area contributed by atoms with E-state index < -0.39 is 0 Å². The summed E-state index contributed by atoms with van der Waals surface area (Å²) in [5, 5.41) is 15.6. The summed E-state index contributed by atoms with van der Waals surface area (Å²) >= 11 is 3.18.